The number of pyridine rings is 1. The van der Waals surface area contributed by atoms with Crippen molar-refractivity contribution in [2.45, 2.75) is 39.8 Å². The minimum atomic E-state index is 0.00230. The second-order valence-electron chi connectivity index (χ2n) is 6.12. The van der Waals surface area contributed by atoms with Gasteiger partial charge >= 0.3 is 0 Å². The zero-order valence-electron chi connectivity index (χ0n) is 12.9. The Bertz CT molecular complexity index is 569. The number of nitrogens with one attached hydrogen (secondary N) is 1. The van der Waals surface area contributed by atoms with E-state index in [0.717, 1.165) is 23.2 Å². The van der Waals surface area contributed by atoms with Gasteiger partial charge < -0.3 is 14.6 Å². The SMILES string of the molecule is Cc1ccc(CN(C)c2cccc(NC(C)(C)C)n2)o1. The summed E-state index contributed by atoms with van der Waals surface area (Å²) in [4.78, 5) is 6.71. The molecular weight excluding hydrogens is 250 g/mol. The molecule has 0 spiro atoms. The van der Waals surface area contributed by atoms with E-state index in [1.165, 1.54) is 0 Å². The number of rotatable bonds is 4. The Hall–Kier alpha value is -1.97. The highest BCUT2D eigenvalue weighted by molar-refractivity contribution is 5.47. The van der Waals surface area contributed by atoms with Crippen molar-refractivity contribution in [1.82, 2.24) is 4.98 Å². The molecule has 0 aromatic carbocycles. The van der Waals surface area contributed by atoms with Crippen molar-refractivity contribution >= 4 is 11.6 Å². The maximum Gasteiger partial charge on any atom is 0.131 e. The molecule has 108 valence electrons. The molecule has 0 fully saturated rings. The van der Waals surface area contributed by atoms with Crippen LogP contribution in [0.4, 0.5) is 11.6 Å². The number of furan rings is 1. The lowest BCUT2D eigenvalue weighted by molar-refractivity contribution is 0.481. The maximum atomic E-state index is 5.60. The van der Waals surface area contributed by atoms with Crippen molar-refractivity contribution in [1.29, 1.82) is 0 Å². The van der Waals surface area contributed by atoms with Crippen LogP contribution < -0.4 is 10.2 Å². The van der Waals surface area contributed by atoms with Crippen LogP contribution in [0, 0.1) is 6.92 Å². The van der Waals surface area contributed by atoms with Crippen LogP contribution in [0.25, 0.3) is 0 Å². The zero-order chi connectivity index (χ0) is 14.8. The summed E-state index contributed by atoms with van der Waals surface area (Å²) in [5, 5.41) is 3.38. The first-order valence-electron chi connectivity index (χ1n) is 6.85. The molecule has 20 heavy (non-hydrogen) atoms. The molecule has 1 N–H and O–H groups in total. The van der Waals surface area contributed by atoms with Gasteiger partial charge in [0.05, 0.1) is 6.54 Å². The quantitative estimate of drug-likeness (QED) is 0.919. The Morgan fingerprint density at radius 3 is 2.55 bits per heavy atom. The second kappa shape index (κ2) is 5.57. The van der Waals surface area contributed by atoms with Crippen LogP contribution in [-0.2, 0) is 6.54 Å². The van der Waals surface area contributed by atoms with Crippen LogP contribution in [0.2, 0.25) is 0 Å². The molecule has 2 aromatic rings. The molecule has 0 saturated heterocycles. The predicted molar refractivity (Wildman–Crippen MR) is 83.2 cm³/mol. The van der Waals surface area contributed by atoms with Gasteiger partial charge in [-0.3, -0.25) is 0 Å². The van der Waals surface area contributed by atoms with Crippen molar-refractivity contribution in [3.05, 3.63) is 41.9 Å². The third-order valence-corrected chi connectivity index (χ3v) is 2.82. The molecular formula is C16H23N3O. The van der Waals surface area contributed by atoms with Gasteiger partial charge in [-0.25, -0.2) is 4.98 Å². The normalized spacial score (nSPS) is 11.4. The molecule has 0 saturated carbocycles. The standard InChI is InChI=1S/C16H23N3O/c1-12-9-10-13(20-12)11-19(5)15-8-6-7-14(17-15)18-16(2,3)4/h6-10H,11H2,1-5H3,(H,17,18). The van der Waals surface area contributed by atoms with Gasteiger partial charge in [-0.05, 0) is 52.0 Å². The predicted octanol–water partition coefficient (Wildman–Crippen LogP) is 3.83. The second-order valence-corrected chi connectivity index (χ2v) is 6.12. The molecule has 4 nitrogen and oxygen atoms in total. The lowest BCUT2D eigenvalue weighted by atomic mass is 10.1. The van der Waals surface area contributed by atoms with Crippen LogP contribution in [0.15, 0.2) is 34.7 Å². The average molecular weight is 273 g/mol. The summed E-state index contributed by atoms with van der Waals surface area (Å²) in [5.41, 5.74) is 0.00230. The number of aromatic nitrogens is 1. The summed E-state index contributed by atoms with van der Waals surface area (Å²) < 4.78 is 5.60. The van der Waals surface area contributed by atoms with E-state index in [1.54, 1.807) is 0 Å². The van der Waals surface area contributed by atoms with Gasteiger partial charge in [0.25, 0.3) is 0 Å². The van der Waals surface area contributed by atoms with Crippen molar-refractivity contribution in [2.75, 3.05) is 17.3 Å². The van der Waals surface area contributed by atoms with Crippen molar-refractivity contribution in [2.24, 2.45) is 0 Å². The van der Waals surface area contributed by atoms with Gasteiger partial charge in [0, 0.05) is 12.6 Å². The summed E-state index contributed by atoms with van der Waals surface area (Å²) in [6.07, 6.45) is 0. The van der Waals surface area contributed by atoms with E-state index >= 15 is 0 Å². The van der Waals surface area contributed by atoms with E-state index in [9.17, 15) is 0 Å². The molecule has 2 aromatic heterocycles. The van der Waals surface area contributed by atoms with E-state index in [0.29, 0.717) is 6.54 Å². The van der Waals surface area contributed by atoms with E-state index < -0.39 is 0 Å². The third kappa shape index (κ3) is 4.02. The fourth-order valence-electron chi connectivity index (χ4n) is 1.97. The largest absolute Gasteiger partial charge is 0.464 e. The molecule has 2 heterocycles. The Kier molecular flexibility index (Phi) is 4.02. The smallest absolute Gasteiger partial charge is 0.131 e. The fourth-order valence-corrected chi connectivity index (χ4v) is 1.97. The number of anilines is 2. The zero-order valence-corrected chi connectivity index (χ0v) is 12.9. The van der Waals surface area contributed by atoms with Gasteiger partial charge in [0.15, 0.2) is 0 Å². The number of hydrogen-bond acceptors (Lipinski definition) is 4. The molecule has 4 heteroatoms. The summed E-state index contributed by atoms with van der Waals surface area (Å²) >= 11 is 0. The van der Waals surface area contributed by atoms with Gasteiger partial charge in [-0.15, -0.1) is 0 Å². The van der Waals surface area contributed by atoms with E-state index in [2.05, 4.69) is 36.0 Å². The molecule has 2 rings (SSSR count). The van der Waals surface area contributed by atoms with E-state index in [1.807, 2.05) is 44.3 Å². The van der Waals surface area contributed by atoms with Crippen LogP contribution in [-0.4, -0.2) is 17.6 Å². The average Bonchev–Trinajstić information content (AvgIpc) is 2.73. The van der Waals surface area contributed by atoms with Gasteiger partial charge in [-0.2, -0.15) is 0 Å². The Morgan fingerprint density at radius 2 is 1.95 bits per heavy atom. The fraction of sp³-hybridized carbons (Fsp3) is 0.438. The molecule has 0 amide bonds. The topological polar surface area (TPSA) is 41.3 Å². The molecule has 0 atom stereocenters. The van der Waals surface area contributed by atoms with E-state index in [-0.39, 0.29) is 5.54 Å². The number of aryl methyl sites for hydroxylation is 1. The summed E-state index contributed by atoms with van der Waals surface area (Å²) in [7, 11) is 2.01. The summed E-state index contributed by atoms with van der Waals surface area (Å²) in [5.74, 6) is 3.69. The maximum absolute atomic E-state index is 5.60. The monoisotopic (exact) mass is 273 g/mol. The van der Waals surface area contributed by atoms with Crippen LogP contribution in [0.1, 0.15) is 32.3 Å². The first kappa shape index (κ1) is 14.4. The first-order valence-corrected chi connectivity index (χ1v) is 6.85. The molecule has 0 aliphatic carbocycles. The highest BCUT2D eigenvalue weighted by atomic mass is 16.3. The van der Waals surface area contributed by atoms with Gasteiger partial charge in [0.2, 0.25) is 0 Å². The van der Waals surface area contributed by atoms with Crippen molar-refractivity contribution in [3.63, 3.8) is 0 Å². The third-order valence-electron chi connectivity index (χ3n) is 2.82. The van der Waals surface area contributed by atoms with Crippen LogP contribution in [0.3, 0.4) is 0 Å². The van der Waals surface area contributed by atoms with Gasteiger partial charge in [-0.1, -0.05) is 6.07 Å². The Balaban J connectivity index is 2.10. The Labute approximate surface area is 120 Å². The Morgan fingerprint density at radius 1 is 1.20 bits per heavy atom. The van der Waals surface area contributed by atoms with Crippen molar-refractivity contribution in [3.8, 4) is 0 Å². The summed E-state index contributed by atoms with van der Waals surface area (Å²) in [6.45, 7) is 9.03. The number of hydrogen-bond donors (Lipinski definition) is 1. The minimum Gasteiger partial charge on any atom is -0.464 e. The number of nitrogens with zero attached hydrogens (tertiary/aromatic N) is 2. The molecule has 0 aliphatic heterocycles. The highest BCUT2D eigenvalue weighted by Gasteiger charge is 2.12. The molecule has 0 radical (unpaired) electrons. The first-order chi connectivity index (χ1) is 9.33. The molecule has 0 unspecified atom stereocenters. The molecule has 0 aliphatic rings. The molecule has 0 bridgehead atoms. The summed E-state index contributed by atoms with van der Waals surface area (Å²) in [6, 6.07) is 9.99. The van der Waals surface area contributed by atoms with Crippen molar-refractivity contribution < 1.29 is 4.42 Å². The van der Waals surface area contributed by atoms with E-state index in [4.69, 9.17) is 4.42 Å². The van der Waals surface area contributed by atoms with Crippen LogP contribution in [0.5, 0.6) is 0 Å². The lowest BCUT2D eigenvalue weighted by Gasteiger charge is -2.23. The minimum absolute atomic E-state index is 0.00230. The van der Waals surface area contributed by atoms with Gasteiger partial charge in [0.1, 0.15) is 23.2 Å². The lowest BCUT2D eigenvalue weighted by Crippen LogP contribution is -2.27. The highest BCUT2D eigenvalue weighted by Crippen LogP contribution is 2.18. The van der Waals surface area contributed by atoms with Crippen LogP contribution >= 0.6 is 0 Å².